The van der Waals surface area contributed by atoms with Gasteiger partial charge in [0.25, 0.3) is 11.8 Å². The van der Waals surface area contributed by atoms with Crippen molar-refractivity contribution >= 4 is 68.4 Å². The summed E-state index contributed by atoms with van der Waals surface area (Å²) in [5.41, 5.74) is 4.57. The third kappa shape index (κ3) is 5.11. The summed E-state index contributed by atoms with van der Waals surface area (Å²) in [7, 11) is 0. The van der Waals surface area contributed by atoms with Gasteiger partial charge < -0.3 is 10.6 Å². The summed E-state index contributed by atoms with van der Waals surface area (Å²) in [6, 6.07) is 18.3. The highest BCUT2D eigenvalue weighted by molar-refractivity contribution is 14.1. The number of benzene rings is 3. The van der Waals surface area contributed by atoms with Gasteiger partial charge in [-0.3, -0.25) is 9.59 Å². The third-order valence-corrected chi connectivity index (χ3v) is 5.62. The molecule has 0 saturated carbocycles. The van der Waals surface area contributed by atoms with Gasteiger partial charge in [-0.05, 0) is 131 Å². The van der Waals surface area contributed by atoms with Gasteiger partial charge in [0.1, 0.15) is 0 Å². The van der Waals surface area contributed by atoms with E-state index < -0.39 is 0 Å². The van der Waals surface area contributed by atoms with Gasteiger partial charge in [0.2, 0.25) is 0 Å². The summed E-state index contributed by atoms with van der Waals surface area (Å²) < 4.78 is 2.23. The normalized spacial score (nSPS) is 10.4. The lowest BCUT2D eigenvalue weighted by atomic mass is 10.1. The van der Waals surface area contributed by atoms with E-state index in [1.165, 1.54) is 0 Å². The number of rotatable bonds is 4. The number of carbonyl (C=O) groups is 2. The van der Waals surface area contributed by atoms with Crippen molar-refractivity contribution in [2.45, 2.75) is 13.8 Å². The van der Waals surface area contributed by atoms with Crippen LogP contribution in [0.3, 0.4) is 0 Å². The molecule has 0 spiro atoms. The fourth-order valence-corrected chi connectivity index (χ4v) is 3.99. The van der Waals surface area contributed by atoms with Crippen LogP contribution in [0.1, 0.15) is 31.8 Å². The molecule has 0 aliphatic rings. The maximum atomic E-state index is 12.5. The van der Waals surface area contributed by atoms with Gasteiger partial charge in [0.15, 0.2) is 0 Å². The van der Waals surface area contributed by atoms with E-state index in [4.69, 9.17) is 0 Å². The van der Waals surface area contributed by atoms with Crippen LogP contribution in [0, 0.1) is 21.0 Å². The molecule has 0 saturated heterocycles. The van der Waals surface area contributed by atoms with Crippen molar-refractivity contribution in [1.29, 1.82) is 0 Å². The molecule has 3 aromatic rings. The number of halogens is 2. The molecule has 3 rings (SSSR count). The zero-order chi connectivity index (χ0) is 20.3. The fourth-order valence-electron chi connectivity index (χ4n) is 2.70. The maximum absolute atomic E-state index is 12.5. The molecule has 0 heterocycles. The van der Waals surface area contributed by atoms with Crippen molar-refractivity contribution in [2.24, 2.45) is 0 Å². The molecule has 2 amide bonds. The second-order valence-electron chi connectivity index (χ2n) is 6.40. The minimum Gasteiger partial charge on any atom is -0.322 e. The summed E-state index contributed by atoms with van der Waals surface area (Å²) in [4.78, 5) is 25.0. The van der Waals surface area contributed by atoms with Crippen LogP contribution in [0.15, 0.2) is 60.7 Å². The van der Waals surface area contributed by atoms with E-state index >= 15 is 0 Å². The van der Waals surface area contributed by atoms with Crippen LogP contribution in [0.25, 0.3) is 0 Å². The van der Waals surface area contributed by atoms with Gasteiger partial charge in [-0.15, -0.1) is 0 Å². The molecule has 0 aromatic heterocycles. The molecular weight excluding hydrogens is 578 g/mol. The molecule has 28 heavy (non-hydrogen) atoms. The summed E-state index contributed by atoms with van der Waals surface area (Å²) in [6.07, 6.45) is 0. The van der Waals surface area contributed by atoms with Crippen LogP contribution in [0.5, 0.6) is 0 Å². The smallest absolute Gasteiger partial charge is 0.255 e. The zero-order valence-corrected chi connectivity index (χ0v) is 19.7. The van der Waals surface area contributed by atoms with Crippen molar-refractivity contribution < 1.29 is 9.59 Å². The Hall–Kier alpha value is -1.94. The molecule has 0 fully saturated rings. The standard InChI is InChI=1S/C22H18I2N2O2/c1-13-11-17(23)7-9-19(13)25-21(27)15-3-5-16(6-4-15)22(28)26-20-10-8-18(24)12-14(20)2/h3-12H,1-2H3,(H,25,27)(H,26,28). The largest absolute Gasteiger partial charge is 0.322 e. The first-order valence-corrected chi connectivity index (χ1v) is 10.7. The predicted molar refractivity (Wildman–Crippen MR) is 130 cm³/mol. The third-order valence-electron chi connectivity index (χ3n) is 4.28. The summed E-state index contributed by atoms with van der Waals surface area (Å²) in [5, 5.41) is 5.82. The van der Waals surface area contributed by atoms with Crippen molar-refractivity contribution in [3.63, 3.8) is 0 Å². The fraction of sp³-hybridized carbons (Fsp3) is 0.0909. The van der Waals surface area contributed by atoms with E-state index in [0.717, 1.165) is 29.6 Å². The van der Waals surface area contributed by atoms with Gasteiger partial charge in [0, 0.05) is 29.6 Å². The number of hydrogen-bond acceptors (Lipinski definition) is 2. The monoisotopic (exact) mass is 596 g/mol. The molecule has 0 aliphatic heterocycles. The van der Waals surface area contributed by atoms with E-state index in [-0.39, 0.29) is 11.8 Å². The lowest BCUT2D eigenvalue weighted by molar-refractivity contribution is 0.101. The molecule has 142 valence electrons. The van der Waals surface area contributed by atoms with Gasteiger partial charge in [-0.25, -0.2) is 0 Å². The second-order valence-corrected chi connectivity index (χ2v) is 8.90. The van der Waals surface area contributed by atoms with E-state index in [1.807, 2.05) is 50.2 Å². The number of hydrogen-bond donors (Lipinski definition) is 2. The van der Waals surface area contributed by atoms with Crippen molar-refractivity contribution in [3.05, 3.63) is 90.1 Å². The highest BCUT2D eigenvalue weighted by Gasteiger charge is 2.11. The van der Waals surface area contributed by atoms with Gasteiger partial charge in [0.05, 0.1) is 0 Å². The average molecular weight is 596 g/mol. The molecule has 3 aromatic carbocycles. The zero-order valence-electron chi connectivity index (χ0n) is 15.3. The first-order chi connectivity index (χ1) is 13.3. The SMILES string of the molecule is Cc1cc(I)ccc1NC(=O)c1ccc(C(=O)Nc2ccc(I)cc2C)cc1. The highest BCUT2D eigenvalue weighted by Crippen LogP contribution is 2.20. The van der Waals surface area contributed by atoms with Crippen LogP contribution in [0.4, 0.5) is 11.4 Å². The molecule has 0 atom stereocenters. The Morgan fingerprint density at radius 1 is 0.643 bits per heavy atom. The molecule has 2 N–H and O–H groups in total. The van der Waals surface area contributed by atoms with E-state index in [2.05, 4.69) is 55.8 Å². The molecule has 6 heteroatoms. The first kappa shape index (κ1) is 20.8. The van der Waals surface area contributed by atoms with Crippen LogP contribution >= 0.6 is 45.2 Å². The Labute approximate surface area is 191 Å². The van der Waals surface area contributed by atoms with E-state index in [1.54, 1.807) is 24.3 Å². The minimum atomic E-state index is -0.204. The van der Waals surface area contributed by atoms with Gasteiger partial charge >= 0.3 is 0 Å². The molecular formula is C22H18I2N2O2. The molecule has 0 unspecified atom stereocenters. The lowest BCUT2D eigenvalue weighted by Gasteiger charge is -2.10. The maximum Gasteiger partial charge on any atom is 0.255 e. The number of nitrogens with one attached hydrogen (secondary N) is 2. The Kier molecular flexibility index (Phi) is 6.71. The van der Waals surface area contributed by atoms with E-state index in [9.17, 15) is 9.59 Å². The number of anilines is 2. The first-order valence-electron chi connectivity index (χ1n) is 8.58. The van der Waals surface area contributed by atoms with Crippen molar-refractivity contribution in [3.8, 4) is 0 Å². The predicted octanol–water partition coefficient (Wildman–Crippen LogP) is 6.02. The Morgan fingerprint density at radius 2 is 1.00 bits per heavy atom. The van der Waals surface area contributed by atoms with Crippen molar-refractivity contribution in [2.75, 3.05) is 10.6 Å². The summed E-state index contributed by atoms with van der Waals surface area (Å²) in [6.45, 7) is 3.91. The Bertz CT molecular complexity index is 962. The number of carbonyl (C=O) groups excluding carboxylic acids is 2. The summed E-state index contributed by atoms with van der Waals surface area (Å²) in [5.74, 6) is -0.408. The van der Waals surface area contributed by atoms with Crippen LogP contribution in [-0.4, -0.2) is 11.8 Å². The minimum absolute atomic E-state index is 0.204. The molecule has 4 nitrogen and oxygen atoms in total. The van der Waals surface area contributed by atoms with Gasteiger partial charge in [-0.2, -0.15) is 0 Å². The van der Waals surface area contributed by atoms with Gasteiger partial charge in [-0.1, -0.05) is 0 Å². The second kappa shape index (κ2) is 9.04. The summed E-state index contributed by atoms with van der Waals surface area (Å²) >= 11 is 4.47. The van der Waals surface area contributed by atoms with Crippen LogP contribution in [-0.2, 0) is 0 Å². The van der Waals surface area contributed by atoms with Crippen LogP contribution in [0.2, 0.25) is 0 Å². The Balaban J connectivity index is 1.70. The van der Waals surface area contributed by atoms with Crippen molar-refractivity contribution in [1.82, 2.24) is 0 Å². The van der Waals surface area contributed by atoms with Crippen LogP contribution < -0.4 is 10.6 Å². The average Bonchev–Trinajstić information content (AvgIpc) is 2.66. The number of amides is 2. The number of aryl methyl sites for hydroxylation is 2. The Morgan fingerprint density at radius 3 is 1.32 bits per heavy atom. The topological polar surface area (TPSA) is 58.2 Å². The highest BCUT2D eigenvalue weighted by atomic mass is 127. The molecule has 0 aliphatic carbocycles. The van der Waals surface area contributed by atoms with E-state index in [0.29, 0.717) is 11.1 Å². The molecule has 0 radical (unpaired) electrons. The lowest BCUT2D eigenvalue weighted by Crippen LogP contribution is -2.15. The molecule has 0 bridgehead atoms. The quantitative estimate of drug-likeness (QED) is 0.363.